The number of amides is 1. The molecule has 0 aliphatic rings. The predicted octanol–water partition coefficient (Wildman–Crippen LogP) is 5.05. The van der Waals surface area contributed by atoms with E-state index in [4.69, 9.17) is 11.6 Å². The first-order chi connectivity index (χ1) is 14.5. The van der Waals surface area contributed by atoms with Crippen LogP contribution in [0.1, 0.15) is 0 Å². The lowest BCUT2D eigenvalue weighted by Gasteiger charge is -2.05. The van der Waals surface area contributed by atoms with Crippen LogP contribution in [0.4, 0.5) is 11.4 Å². The molecule has 0 bridgehead atoms. The Kier molecular flexibility index (Phi) is 5.88. The van der Waals surface area contributed by atoms with E-state index >= 15 is 0 Å². The quantitative estimate of drug-likeness (QED) is 0.187. The van der Waals surface area contributed by atoms with E-state index in [1.54, 1.807) is 18.2 Å². The molecule has 0 fully saturated rings. The summed E-state index contributed by atoms with van der Waals surface area (Å²) < 4.78 is 5.28. The summed E-state index contributed by atoms with van der Waals surface area (Å²) in [6, 6.07) is 13.1. The molecule has 1 N–H and O–H groups in total. The van der Waals surface area contributed by atoms with Gasteiger partial charge in [-0.25, -0.2) is 9.97 Å². The molecular weight excluding hydrogens is 446 g/mol. The van der Waals surface area contributed by atoms with Gasteiger partial charge in [0.15, 0.2) is 0 Å². The van der Waals surface area contributed by atoms with Crippen molar-refractivity contribution >= 4 is 62.4 Å². The highest BCUT2D eigenvalue weighted by Gasteiger charge is 2.16. The summed E-state index contributed by atoms with van der Waals surface area (Å²) in [7, 11) is 0. The van der Waals surface area contributed by atoms with Crippen LogP contribution in [0.5, 0.6) is 0 Å². The van der Waals surface area contributed by atoms with E-state index in [-0.39, 0.29) is 17.3 Å². The Morgan fingerprint density at radius 3 is 2.77 bits per heavy atom. The highest BCUT2D eigenvalue weighted by molar-refractivity contribution is 8.00. The lowest BCUT2D eigenvalue weighted by molar-refractivity contribution is -0.384. The number of hydrogen-bond acceptors (Lipinski definition) is 8. The SMILES string of the molecule is O=C(CSc1ncnc2c(-c3ccc(Cl)cc3)nsc12)Nc1cccc([N+](=O)[O-])c1. The van der Waals surface area contributed by atoms with Gasteiger partial charge in [-0.2, -0.15) is 4.37 Å². The van der Waals surface area contributed by atoms with Crippen molar-refractivity contribution in [2.45, 2.75) is 5.03 Å². The molecule has 1 amide bonds. The fourth-order valence-corrected chi connectivity index (χ4v) is 4.52. The number of nitrogens with zero attached hydrogens (tertiary/aromatic N) is 4. The average molecular weight is 458 g/mol. The van der Waals surface area contributed by atoms with Crippen LogP contribution in [0, 0.1) is 10.1 Å². The Morgan fingerprint density at radius 1 is 1.20 bits per heavy atom. The number of fused-ring (bicyclic) bond motifs is 1. The summed E-state index contributed by atoms with van der Waals surface area (Å²) in [6.07, 6.45) is 1.44. The molecule has 30 heavy (non-hydrogen) atoms. The van der Waals surface area contributed by atoms with E-state index in [2.05, 4.69) is 19.7 Å². The number of halogens is 1. The number of carbonyl (C=O) groups is 1. The number of nitro groups is 1. The highest BCUT2D eigenvalue weighted by atomic mass is 35.5. The molecule has 0 aliphatic heterocycles. The molecule has 0 aliphatic carbocycles. The Hall–Kier alpha value is -3.08. The number of non-ortho nitro benzene ring substituents is 1. The van der Waals surface area contributed by atoms with Crippen LogP contribution in [-0.4, -0.2) is 30.9 Å². The van der Waals surface area contributed by atoms with Crippen LogP contribution in [0.3, 0.4) is 0 Å². The first-order valence-corrected chi connectivity index (χ1v) is 10.7. The van der Waals surface area contributed by atoms with E-state index < -0.39 is 4.92 Å². The second-order valence-corrected chi connectivity index (χ2v) is 8.21. The van der Waals surface area contributed by atoms with Gasteiger partial charge in [-0.05, 0) is 29.7 Å². The standard InChI is InChI=1S/C19H12ClN5O3S2/c20-12-6-4-11(5-7-12)16-17-18(30-24-16)19(22-10-21-17)29-9-15(26)23-13-2-1-3-14(8-13)25(27)28/h1-8,10H,9H2,(H,23,26). The first kappa shape index (κ1) is 20.2. The van der Waals surface area contributed by atoms with Crippen molar-refractivity contribution in [2.75, 3.05) is 11.1 Å². The number of rotatable bonds is 6. The zero-order valence-corrected chi connectivity index (χ0v) is 17.5. The van der Waals surface area contributed by atoms with E-state index in [1.165, 1.54) is 47.8 Å². The maximum absolute atomic E-state index is 12.3. The molecule has 150 valence electrons. The van der Waals surface area contributed by atoms with Crippen molar-refractivity contribution in [1.29, 1.82) is 0 Å². The van der Waals surface area contributed by atoms with E-state index in [1.807, 2.05) is 12.1 Å². The van der Waals surface area contributed by atoms with Gasteiger partial charge >= 0.3 is 0 Å². The summed E-state index contributed by atoms with van der Waals surface area (Å²) in [6.45, 7) is 0. The van der Waals surface area contributed by atoms with Crippen LogP contribution in [0.25, 0.3) is 21.5 Å². The summed E-state index contributed by atoms with van der Waals surface area (Å²) in [4.78, 5) is 31.3. The van der Waals surface area contributed by atoms with Crippen molar-refractivity contribution in [3.05, 3.63) is 70.0 Å². The molecule has 8 nitrogen and oxygen atoms in total. The fourth-order valence-electron chi connectivity index (χ4n) is 2.67. The number of hydrogen-bond donors (Lipinski definition) is 1. The topological polar surface area (TPSA) is 111 Å². The zero-order chi connectivity index (χ0) is 21.1. The average Bonchev–Trinajstić information content (AvgIpc) is 3.18. The maximum Gasteiger partial charge on any atom is 0.271 e. The Balaban J connectivity index is 1.49. The van der Waals surface area contributed by atoms with Crippen LogP contribution in [0.15, 0.2) is 59.9 Å². The molecule has 0 spiro atoms. The number of anilines is 1. The van der Waals surface area contributed by atoms with Gasteiger partial charge in [-0.1, -0.05) is 41.6 Å². The van der Waals surface area contributed by atoms with Gasteiger partial charge < -0.3 is 5.32 Å². The summed E-state index contributed by atoms with van der Waals surface area (Å²) in [5.41, 5.74) is 2.61. The fraction of sp³-hybridized carbons (Fsp3) is 0.0526. The van der Waals surface area contributed by atoms with Gasteiger partial charge in [0, 0.05) is 28.4 Å². The number of carbonyl (C=O) groups excluding carboxylic acids is 1. The monoisotopic (exact) mass is 457 g/mol. The van der Waals surface area contributed by atoms with E-state index in [9.17, 15) is 14.9 Å². The van der Waals surface area contributed by atoms with E-state index in [0.29, 0.717) is 21.3 Å². The van der Waals surface area contributed by atoms with Crippen molar-refractivity contribution in [2.24, 2.45) is 0 Å². The third kappa shape index (κ3) is 4.40. The number of nitrogens with one attached hydrogen (secondary N) is 1. The molecule has 0 saturated carbocycles. The third-order valence-electron chi connectivity index (χ3n) is 4.02. The molecule has 2 heterocycles. The minimum Gasteiger partial charge on any atom is -0.325 e. The first-order valence-electron chi connectivity index (χ1n) is 8.54. The van der Waals surface area contributed by atoms with Gasteiger partial charge in [-0.15, -0.1) is 0 Å². The number of aromatic nitrogens is 3. The molecule has 2 aromatic heterocycles. The molecule has 0 unspecified atom stereocenters. The van der Waals surface area contributed by atoms with Crippen LogP contribution in [-0.2, 0) is 4.79 Å². The number of thioether (sulfide) groups is 1. The normalized spacial score (nSPS) is 10.8. The minimum atomic E-state index is -0.510. The Bertz CT molecular complexity index is 1250. The highest BCUT2D eigenvalue weighted by Crippen LogP contribution is 2.34. The van der Waals surface area contributed by atoms with E-state index in [0.717, 1.165) is 16.0 Å². The minimum absolute atomic E-state index is 0.0858. The second kappa shape index (κ2) is 8.74. The summed E-state index contributed by atoms with van der Waals surface area (Å²) in [5, 5.41) is 14.8. The van der Waals surface area contributed by atoms with Gasteiger partial charge in [0.2, 0.25) is 5.91 Å². The molecule has 0 atom stereocenters. The molecular formula is C19H12ClN5O3S2. The number of nitro benzene ring substituents is 1. The largest absolute Gasteiger partial charge is 0.325 e. The van der Waals surface area contributed by atoms with Crippen molar-refractivity contribution in [3.63, 3.8) is 0 Å². The smallest absolute Gasteiger partial charge is 0.271 e. The molecule has 0 saturated heterocycles. The number of benzene rings is 2. The van der Waals surface area contributed by atoms with Gasteiger partial charge in [-0.3, -0.25) is 14.9 Å². The van der Waals surface area contributed by atoms with Crippen molar-refractivity contribution in [3.8, 4) is 11.3 Å². The Labute approximate surface area is 183 Å². The van der Waals surface area contributed by atoms with Crippen LogP contribution >= 0.6 is 34.9 Å². The Morgan fingerprint density at radius 2 is 2.00 bits per heavy atom. The summed E-state index contributed by atoms with van der Waals surface area (Å²) >= 11 is 8.47. The maximum atomic E-state index is 12.3. The summed E-state index contributed by atoms with van der Waals surface area (Å²) in [5.74, 6) is -0.210. The van der Waals surface area contributed by atoms with Crippen LogP contribution < -0.4 is 5.32 Å². The van der Waals surface area contributed by atoms with Gasteiger partial charge in [0.1, 0.15) is 27.3 Å². The van der Waals surface area contributed by atoms with Crippen molar-refractivity contribution in [1.82, 2.24) is 14.3 Å². The van der Waals surface area contributed by atoms with Gasteiger partial charge in [0.05, 0.1) is 10.7 Å². The lowest BCUT2D eigenvalue weighted by atomic mass is 10.1. The lowest BCUT2D eigenvalue weighted by Crippen LogP contribution is -2.14. The second-order valence-electron chi connectivity index (χ2n) is 6.04. The van der Waals surface area contributed by atoms with Crippen molar-refractivity contribution < 1.29 is 9.72 Å². The predicted molar refractivity (Wildman–Crippen MR) is 118 cm³/mol. The zero-order valence-electron chi connectivity index (χ0n) is 15.1. The molecule has 4 rings (SSSR count). The molecule has 0 radical (unpaired) electrons. The molecule has 2 aromatic carbocycles. The van der Waals surface area contributed by atoms with Gasteiger partial charge in [0.25, 0.3) is 5.69 Å². The third-order valence-corrected chi connectivity index (χ3v) is 6.24. The molecule has 4 aromatic rings. The van der Waals surface area contributed by atoms with Crippen LogP contribution in [0.2, 0.25) is 5.02 Å². The molecule has 11 heteroatoms.